The first-order chi connectivity index (χ1) is 9.56. The van der Waals surface area contributed by atoms with Gasteiger partial charge in [0.1, 0.15) is 5.25 Å². The van der Waals surface area contributed by atoms with Gasteiger partial charge in [0.05, 0.1) is 12.1 Å². The van der Waals surface area contributed by atoms with Crippen molar-refractivity contribution < 1.29 is 14.7 Å². The van der Waals surface area contributed by atoms with Gasteiger partial charge < -0.3 is 10.4 Å². The number of thioether (sulfide) groups is 1. The van der Waals surface area contributed by atoms with E-state index in [4.69, 9.17) is 5.11 Å². The third kappa shape index (κ3) is 3.64. The molecule has 1 unspecified atom stereocenters. The van der Waals surface area contributed by atoms with Crippen LogP contribution in [0, 0.1) is 0 Å². The van der Waals surface area contributed by atoms with Crippen molar-refractivity contribution in [2.75, 3.05) is 0 Å². The van der Waals surface area contributed by atoms with Crippen LogP contribution in [0.3, 0.4) is 0 Å². The second-order valence-electron chi connectivity index (χ2n) is 4.03. The summed E-state index contributed by atoms with van der Waals surface area (Å²) in [5.74, 6) is -1.38. The number of carbonyl (C=O) groups is 2. The van der Waals surface area contributed by atoms with Crippen molar-refractivity contribution in [3.63, 3.8) is 0 Å². The van der Waals surface area contributed by atoms with E-state index in [0.29, 0.717) is 10.9 Å². The largest absolute Gasteiger partial charge is 0.481 e. The average Bonchev–Trinajstić information content (AvgIpc) is 2.77. The fraction of sp³-hybridized carbons (Fsp3) is 0.250. The summed E-state index contributed by atoms with van der Waals surface area (Å²) in [5.41, 5.74) is 1.48. The molecule has 7 nitrogen and oxygen atoms in total. The van der Waals surface area contributed by atoms with E-state index in [2.05, 4.69) is 20.5 Å². The minimum atomic E-state index is -1.02. The number of carboxylic acid groups (broad SMARTS) is 1. The molecule has 0 aromatic carbocycles. The Morgan fingerprint density at radius 2 is 2.40 bits per heavy atom. The molecule has 0 spiro atoms. The fourth-order valence-corrected chi connectivity index (χ4v) is 2.41. The van der Waals surface area contributed by atoms with Gasteiger partial charge in [0.25, 0.3) is 0 Å². The minimum Gasteiger partial charge on any atom is -0.481 e. The first-order valence-electron chi connectivity index (χ1n) is 5.78. The molecule has 1 aromatic rings. The van der Waals surface area contributed by atoms with Crippen molar-refractivity contribution in [2.45, 2.75) is 18.6 Å². The van der Waals surface area contributed by atoms with Gasteiger partial charge in [-0.1, -0.05) is 17.8 Å². The molecule has 104 valence electrons. The van der Waals surface area contributed by atoms with Crippen LogP contribution in [0.2, 0.25) is 0 Å². The van der Waals surface area contributed by atoms with Gasteiger partial charge in [0.2, 0.25) is 5.91 Å². The maximum atomic E-state index is 11.5. The maximum Gasteiger partial charge on any atom is 0.305 e. The SMILES string of the molecule is C/C(=N\N=C1/NC(=O)C(CC(=O)O)S1)c1cccnc1. The summed E-state index contributed by atoms with van der Waals surface area (Å²) in [7, 11) is 0. The molecule has 0 radical (unpaired) electrons. The quantitative estimate of drug-likeness (QED) is 0.633. The number of amidine groups is 1. The van der Waals surface area contributed by atoms with Crippen molar-refractivity contribution >= 4 is 34.5 Å². The smallest absolute Gasteiger partial charge is 0.305 e. The molecular weight excluding hydrogens is 280 g/mol. The second-order valence-corrected chi connectivity index (χ2v) is 5.22. The zero-order valence-corrected chi connectivity index (χ0v) is 11.4. The molecule has 0 aliphatic carbocycles. The number of aromatic nitrogens is 1. The summed E-state index contributed by atoms with van der Waals surface area (Å²) in [6.07, 6.45) is 3.08. The molecule has 1 amide bonds. The summed E-state index contributed by atoms with van der Waals surface area (Å²) < 4.78 is 0. The molecule has 1 saturated heterocycles. The Labute approximate surface area is 119 Å². The molecule has 0 bridgehead atoms. The molecular formula is C12H12N4O3S. The van der Waals surface area contributed by atoms with E-state index in [9.17, 15) is 9.59 Å². The molecule has 1 aromatic heterocycles. The van der Waals surface area contributed by atoms with E-state index in [1.165, 1.54) is 0 Å². The topological polar surface area (TPSA) is 104 Å². The van der Waals surface area contributed by atoms with Gasteiger partial charge in [-0.3, -0.25) is 14.6 Å². The van der Waals surface area contributed by atoms with Crippen molar-refractivity contribution in [3.8, 4) is 0 Å². The van der Waals surface area contributed by atoms with Crippen LogP contribution >= 0.6 is 11.8 Å². The van der Waals surface area contributed by atoms with E-state index in [1.54, 1.807) is 25.4 Å². The number of aliphatic carboxylic acids is 1. The molecule has 8 heteroatoms. The van der Waals surface area contributed by atoms with Gasteiger partial charge in [0, 0.05) is 18.0 Å². The Kier molecular flexibility index (Phi) is 4.46. The Bertz CT molecular complexity index is 586. The van der Waals surface area contributed by atoms with E-state index in [1.807, 2.05) is 6.07 Å². The van der Waals surface area contributed by atoms with Gasteiger partial charge in [-0.15, -0.1) is 5.10 Å². The third-order valence-corrected chi connectivity index (χ3v) is 3.58. The van der Waals surface area contributed by atoms with E-state index < -0.39 is 11.2 Å². The fourth-order valence-electron chi connectivity index (χ4n) is 1.50. The van der Waals surface area contributed by atoms with Gasteiger partial charge in [0.15, 0.2) is 5.17 Å². The Balaban J connectivity index is 2.06. The number of rotatable bonds is 4. The number of amides is 1. The number of nitrogens with zero attached hydrogens (tertiary/aromatic N) is 3. The third-order valence-electron chi connectivity index (χ3n) is 2.51. The van der Waals surface area contributed by atoms with E-state index >= 15 is 0 Å². The van der Waals surface area contributed by atoms with Crippen LogP contribution in [0.5, 0.6) is 0 Å². The molecule has 0 saturated carbocycles. The standard InChI is InChI=1S/C12H12N4O3S/c1-7(8-3-2-4-13-6-8)15-16-12-14-11(19)9(20-12)5-10(17)18/h2-4,6,9H,5H2,1H3,(H,17,18)(H,14,16,19)/b15-7+. The maximum absolute atomic E-state index is 11.5. The zero-order valence-electron chi connectivity index (χ0n) is 10.6. The van der Waals surface area contributed by atoms with E-state index in [-0.39, 0.29) is 12.3 Å². The number of carbonyl (C=O) groups excluding carboxylic acids is 1. The predicted molar refractivity (Wildman–Crippen MR) is 75.7 cm³/mol. The van der Waals surface area contributed by atoms with Crippen molar-refractivity contribution in [1.82, 2.24) is 10.3 Å². The highest BCUT2D eigenvalue weighted by Crippen LogP contribution is 2.22. The predicted octanol–water partition coefficient (Wildman–Crippen LogP) is 0.868. The summed E-state index contributed by atoms with van der Waals surface area (Å²) in [6, 6.07) is 3.64. The van der Waals surface area contributed by atoms with Crippen LogP contribution < -0.4 is 5.32 Å². The normalized spacial score (nSPS) is 21.1. The highest BCUT2D eigenvalue weighted by Gasteiger charge is 2.32. The van der Waals surface area contributed by atoms with Crippen LogP contribution in [0.25, 0.3) is 0 Å². The average molecular weight is 292 g/mol. The number of hydrogen-bond donors (Lipinski definition) is 2. The Hall–Kier alpha value is -2.22. The van der Waals surface area contributed by atoms with Crippen LogP contribution in [-0.2, 0) is 9.59 Å². The molecule has 1 aliphatic heterocycles. The lowest BCUT2D eigenvalue weighted by atomic mass is 10.2. The lowest BCUT2D eigenvalue weighted by Crippen LogP contribution is -2.26. The van der Waals surface area contributed by atoms with Crippen LogP contribution in [-0.4, -0.2) is 38.1 Å². The molecule has 1 aliphatic rings. The van der Waals surface area contributed by atoms with Gasteiger partial charge >= 0.3 is 5.97 Å². The van der Waals surface area contributed by atoms with Gasteiger partial charge in [-0.05, 0) is 13.0 Å². The summed E-state index contributed by atoms with van der Waals surface area (Å²) in [6.45, 7) is 1.78. The van der Waals surface area contributed by atoms with Gasteiger partial charge in [-0.25, -0.2) is 0 Å². The van der Waals surface area contributed by atoms with E-state index in [0.717, 1.165) is 17.3 Å². The molecule has 2 N–H and O–H groups in total. The van der Waals surface area contributed by atoms with Crippen LogP contribution in [0.1, 0.15) is 18.9 Å². The number of hydrogen-bond acceptors (Lipinski definition) is 6. The monoisotopic (exact) mass is 292 g/mol. The first-order valence-corrected chi connectivity index (χ1v) is 6.66. The van der Waals surface area contributed by atoms with Crippen molar-refractivity contribution in [2.24, 2.45) is 10.2 Å². The molecule has 20 heavy (non-hydrogen) atoms. The van der Waals surface area contributed by atoms with Crippen LogP contribution in [0.4, 0.5) is 0 Å². The molecule has 1 fully saturated rings. The first kappa shape index (κ1) is 14.2. The molecule has 2 heterocycles. The van der Waals surface area contributed by atoms with Crippen molar-refractivity contribution in [1.29, 1.82) is 0 Å². The highest BCUT2D eigenvalue weighted by molar-refractivity contribution is 8.15. The summed E-state index contributed by atoms with van der Waals surface area (Å²) >= 11 is 1.07. The zero-order chi connectivity index (χ0) is 14.5. The molecule has 2 rings (SSSR count). The lowest BCUT2D eigenvalue weighted by molar-refractivity contribution is -0.138. The second kappa shape index (κ2) is 6.29. The highest BCUT2D eigenvalue weighted by atomic mass is 32.2. The summed E-state index contributed by atoms with van der Waals surface area (Å²) in [5, 5.41) is 18.8. The number of pyridine rings is 1. The molecule has 1 atom stereocenters. The van der Waals surface area contributed by atoms with Gasteiger partial charge in [-0.2, -0.15) is 5.10 Å². The number of carboxylic acids is 1. The summed E-state index contributed by atoms with van der Waals surface area (Å²) in [4.78, 5) is 26.1. The Morgan fingerprint density at radius 1 is 1.60 bits per heavy atom. The lowest BCUT2D eigenvalue weighted by Gasteiger charge is -1.98. The van der Waals surface area contributed by atoms with Crippen molar-refractivity contribution in [3.05, 3.63) is 30.1 Å². The number of nitrogens with one attached hydrogen (secondary N) is 1. The Morgan fingerprint density at radius 3 is 3.05 bits per heavy atom. The minimum absolute atomic E-state index is 0.235. The van der Waals surface area contributed by atoms with Crippen LogP contribution in [0.15, 0.2) is 34.7 Å².